The zero-order valence-electron chi connectivity index (χ0n) is 13.0. The number of carbonyl (C=O) groups is 2. The van der Waals surface area contributed by atoms with Crippen molar-refractivity contribution in [2.24, 2.45) is 0 Å². The highest BCUT2D eigenvalue weighted by atomic mass is 32.2. The van der Waals surface area contributed by atoms with Gasteiger partial charge < -0.3 is 15.2 Å². The molecule has 1 rings (SSSR count). The van der Waals surface area contributed by atoms with E-state index in [9.17, 15) is 22.4 Å². The van der Waals surface area contributed by atoms with Crippen LogP contribution in [0.25, 0.3) is 0 Å². The van der Waals surface area contributed by atoms with E-state index < -0.39 is 33.8 Å². The molecular weight excluding hydrogens is 343 g/mol. The van der Waals surface area contributed by atoms with E-state index in [1.165, 1.54) is 7.11 Å². The third-order valence-electron chi connectivity index (χ3n) is 3.01. The van der Waals surface area contributed by atoms with Crippen molar-refractivity contribution in [3.05, 3.63) is 30.1 Å². The highest BCUT2D eigenvalue weighted by Gasteiger charge is 2.20. The molecule has 134 valence electrons. The van der Waals surface area contributed by atoms with Gasteiger partial charge in [-0.1, -0.05) is 0 Å². The highest BCUT2D eigenvalue weighted by Crippen LogP contribution is 2.09. The molecule has 8 nitrogen and oxygen atoms in total. The second kappa shape index (κ2) is 9.30. The molecule has 1 aromatic rings. The van der Waals surface area contributed by atoms with Gasteiger partial charge in [0.1, 0.15) is 11.9 Å². The molecule has 0 bridgehead atoms. The van der Waals surface area contributed by atoms with E-state index in [-0.39, 0.29) is 30.9 Å². The molecule has 0 aliphatic heterocycles. The van der Waals surface area contributed by atoms with Crippen LogP contribution in [0.2, 0.25) is 0 Å². The van der Waals surface area contributed by atoms with Gasteiger partial charge in [-0.3, -0.25) is 4.79 Å². The Morgan fingerprint density at radius 2 is 1.92 bits per heavy atom. The minimum Gasteiger partial charge on any atom is -0.480 e. The molecule has 10 heteroatoms. The van der Waals surface area contributed by atoms with Crippen LogP contribution < -0.4 is 10.0 Å². The lowest BCUT2D eigenvalue weighted by atomic mass is 10.2. The Hall–Kier alpha value is -2.04. The zero-order chi connectivity index (χ0) is 18.2. The van der Waals surface area contributed by atoms with Crippen LogP contribution in [0, 0.1) is 5.82 Å². The number of hydrogen-bond donors (Lipinski definition) is 3. The Balaban J connectivity index is 2.49. The van der Waals surface area contributed by atoms with Gasteiger partial charge in [0.25, 0.3) is 0 Å². The van der Waals surface area contributed by atoms with Gasteiger partial charge in [-0.15, -0.1) is 0 Å². The second-order valence-corrected chi connectivity index (χ2v) is 6.61. The van der Waals surface area contributed by atoms with Crippen LogP contribution in [0.3, 0.4) is 0 Å². The van der Waals surface area contributed by atoms with Crippen LogP contribution in [-0.4, -0.2) is 51.7 Å². The van der Waals surface area contributed by atoms with Crippen LogP contribution in [0.4, 0.5) is 4.39 Å². The molecule has 24 heavy (non-hydrogen) atoms. The van der Waals surface area contributed by atoms with E-state index in [0.717, 1.165) is 24.3 Å². The van der Waals surface area contributed by atoms with Gasteiger partial charge in [0, 0.05) is 33.1 Å². The molecule has 0 aliphatic carbocycles. The molecule has 0 aromatic heterocycles. The molecule has 0 heterocycles. The number of benzene rings is 1. The molecule has 0 radical (unpaired) electrons. The molecule has 1 amide bonds. The van der Waals surface area contributed by atoms with Gasteiger partial charge in [-0.25, -0.2) is 22.3 Å². The van der Waals surface area contributed by atoms with Crippen molar-refractivity contribution in [2.75, 3.05) is 20.3 Å². The predicted molar refractivity (Wildman–Crippen MR) is 82.3 cm³/mol. The molecule has 0 fully saturated rings. The number of amides is 1. The summed E-state index contributed by atoms with van der Waals surface area (Å²) in [4.78, 5) is 22.5. The minimum atomic E-state index is -3.86. The van der Waals surface area contributed by atoms with Crippen molar-refractivity contribution in [1.82, 2.24) is 10.0 Å². The van der Waals surface area contributed by atoms with Crippen LogP contribution in [0.1, 0.15) is 12.8 Å². The van der Waals surface area contributed by atoms with Gasteiger partial charge in [-0.05, 0) is 24.3 Å². The molecule has 0 saturated carbocycles. The molecule has 0 spiro atoms. The summed E-state index contributed by atoms with van der Waals surface area (Å²) in [6.45, 7) is -0.0589. The van der Waals surface area contributed by atoms with E-state index in [1.54, 1.807) is 0 Å². The summed E-state index contributed by atoms with van der Waals surface area (Å²) in [6.07, 6.45) is -0.143. The lowest BCUT2D eigenvalue weighted by Gasteiger charge is -2.14. The van der Waals surface area contributed by atoms with Crippen molar-refractivity contribution in [3.63, 3.8) is 0 Å². The van der Waals surface area contributed by atoms with Gasteiger partial charge >= 0.3 is 5.97 Å². The molecule has 0 saturated heterocycles. The smallest absolute Gasteiger partial charge is 0.326 e. The van der Waals surface area contributed by atoms with Crippen LogP contribution >= 0.6 is 0 Å². The third kappa shape index (κ3) is 6.60. The number of aliphatic carboxylic acids is 1. The topological polar surface area (TPSA) is 122 Å². The van der Waals surface area contributed by atoms with E-state index >= 15 is 0 Å². The fourth-order valence-corrected chi connectivity index (χ4v) is 2.79. The van der Waals surface area contributed by atoms with Crippen molar-refractivity contribution in [2.45, 2.75) is 23.8 Å². The Morgan fingerprint density at radius 3 is 2.46 bits per heavy atom. The Labute approximate surface area is 139 Å². The number of hydrogen-bond acceptors (Lipinski definition) is 5. The predicted octanol–water partition coefficient (Wildman–Crippen LogP) is 0.100. The number of methoxy groups -OCH3 is 1. The summed E-state index contributed by atoms with van der Waals surface area (Å²) in [5.41, 5.74) is 0. The second-order valence-electron chi connectivity index (χ2n) is 4.84. The van der Waals surface area contributed by atoms with E-state index in [0.29, 0.717) is 0 Å². The highest BCUT2D eigenvalue weighted by molar-refractivity contribution is 7.89. The van der Waals surface area contributed by atoms with Crippen molar-refractivity contribution in [1.29, 1.82) is 0 Å². The fourth-order valence-electron chi connectivity index (χ4n) is 1.76. The monoisotopic (exact) mass is 362 g/mol. The first kappa shape index (κ1) is 20.0. The number of sulfonamides is 1. The minimum absolute atomic E-state index is 0.0961. The number of ether oxygens (including phenoxy) is 1. The SMILES string of the molecule is COCCC(NC(=O)CCNS(=O)(=O)c1ccc(F)cc1)C(=O)O. The summed E-state index contributed by atoms with van der Waals surface area (Å²) in [5, 5.41) is 11.2. The zero-order valence-corrected chi connectivity index (χ0v) is 13.8. The maximum absolute atomic E-state index is 12.8. The maximum atomic E-state index is 12.8. The number of rotatable bonds is 10. The number of carbonyl (C=O) groups excluding carboxylic acids is 1. The summed E-state index contributed by atoms with van der Waals surface area (Å²) < 4.78 is 43.6. The lowest BCUT2D eigenvalue weighted by Crippen LogP contribution is -2.42. The van der Waals surface area contributed by atoms with Gasteiger partial charge in [0.2, 0.25) is 15.9 Å². The average molecular weight is 362 g/mol. The van der Waals surface area contributed by atoms with Crippen molar-refractivity contribution < 1.29 is 32.2 Å². The van der Waals surface area contributed by atoms with Gasteiger partial charge in [-0.2, -0.15) is 0 Å². The van der Waals surface area contributed by atoms with Crippen molar-refractivity contribution in [3.8, 4) is 0 Å². The first-order valence-corrected chi connectivity index (χ1v) is 8.51. The van der Waals surface area contributed by atoms with E-state index in [2.05, 4.69) is 10.0 Å². The fraction of sp³-hybridized carbons (Fsp3) is 0.429. The summed E-state index contributed by atoms with van der Waals surface area (Å²) in [6, 6.07) is 3.11. The Bertz CT molecular complexity index is 662. The van der Waals surface area contributed by atoms with E-state index in [1.807, 2.05) is 0 Å². The van der Waals surface area contributed by atoms with Gasteiger partial charge in [0.05, 0.1) is 4.90 Å². The first-order valence-electron chi connectivity index (χ1n) is 7.02. The van der Waals surface area contributed by atoms with Crippen LogP contribution in [0.15, 0.2) is 29.2 Å². The molecule has 1 aromatic carbocycles. The van der Waals surface area contributed by atoms with Gasteiger partial charge in [0.15, 0.2) is 0 Å². The number of halogens is 1. The lowest BCUT2D eigenvalue weighted by molar-refractivity contribution is -0.142. The number of carboxylic acids is 1. The summed E-state index contributed by atoms with van der Waals surface area (Å²) >= 11 is 0. The maximum Gasteiger partial charge on any atom is 0.326 e. The molecule has 1 atom stereocenters. The molecule has 0 aliphatic rings. The number of carboxylic acid groups (broad SMARTS) is 1. The molecular formula is C14H19FN2O6S. The largest absolute Gasteiger partial charge is 0.480 e. The molecule has 3 N–H and O–H groups in total. The van der Waals surface area contributed by atoms with E-state index in [4.69, 9.17) is 9.84 Å². The first-order chi connectivity index (χ1) is 11.3. The summed E-state index contributed by atoms with van der Waals surface area (Å²) in [5.74, 6) is -2.38. The van der Waals surface area contributed by atoms with Crippen LogP contribution in [0.5, 0.6) is 0 Å². The standard InChI is InChI=1S/C14H19FN2O6S/c1-23-9-7-12(14(19)20)17-13(18)6-8-16-24(21,22)11-4-2-10(15)3-5-11/h2-5,12,16H,6-9H2,1H3,(H,17,18)(H,19,20). The molecule has 1 unspecified atom stereocenters. The Morgan fingerprint density at radius 1 is 1.29 bits per heavy atom. The normalized spacial score (nSPS) is 12.6. The summed E-state index contributed by atoms with van der Waals surface area (Å²) in [7, 11) is -2.46. The number of nitrogens with one attached hydrogen (secondary N) is 2. The average Bonchev–Trinajstić information content (AvgIpc) is 2.51. The quantitative estimate of drug-likeness (QED) is 0.543. The van der Waals surface area contributed by atoms with Crippen LogP contribution in [-0.2, 0) is 24.3 Å². The Kier molecular flexibility index (Phi) is 7.75. The third-order valence-corrected chi connectivity index (χ3v) is 4.49. The van der Waals surface area contributed by atoms with Crippen molar-refractivity contribution >= 4 is 21.9 Å².